The van der Waals surface area contributed by atoms with Gasteiger partial charge in [-0.05, 0) is 57.8 Å². The van der Waals surface area contributed by atoms with E-state index < -0.39 is 5.97 Å². The molecule has 0 radical (unpaired) electrons. The van der Waals surface area contributed by atoms with Gasteiger partial charge in [-0.15, -0.1) is 11.3 Å². The number of piperidine rings is 1. The van der Waals surface area contributed by atoms with Gasteiger partial charge in [0, 0.05) is 6.42 Å². The Kier molecular flexibility index (Phi) is 4.82. The maximum absolute atomic E-state index is 11.1. The summed E-state index contributed by atoms with van der Waals surface area (Å²) in [5.74, 6) is 1.72. The van der Waals surface area contributed by atoms with E-state index in [9.17, 15) is 4.79 Å². The van der Waals surface area contributed by atoms with Crippen molar-refractivity contribution in [3.8, 4) is 0 Å². The number of carboxylic acid groups (broad SMARTS) is 1. The van der Waals surface area contributed by atoms with Crippen LogP contribution in [-0.4, -0.2) is 34.0 Å². The van der Waals surface area contributed by atoms with Gasteiger partial charge in [-0.2, -0.15) is 0 Å². The molecule has 3 heterocycles. The molecule has 0 spiro atoms. The molecular weight excluding hydrogens is 312 g/mol. The maximum Gasteiger partial charge on any atom is 0.347 e. The van der Waals surface area contributed by atoms with Crippen LogP contribution in [0.1, 0.15) is 44.7 Å². The van der Waals surface area contributed by atoms with Crippen LogP contribution >= 0.6 is 11.3 Å². The summed E-state index contributed by atoms with van der Waals surface area (Å²) in [4.78, 5) is 18.3. The summed E-state index contributed by atoms with van der Waals surface area (Å²) in [5.41, 5.74) is 0.642. The Morgan fingerprint density at radius 1 is 1.39 bits per heavy atom. The zero-order chi connectivity index (χ0) is 16.4. The zero-order valence-corrected chi connectivity index (χ0v) is 14.4. The first-order valence-corrected chi connectivity index (χ1v) is 8.80. The maximum atomic E-state index is 11.1. The highest BCUT2D eigenvalue weighted by atomic mass is 32.1. The van der Waals surface area contributed by atoms with E-state index in [1.165, 1.54) is 11.3 Å². The highest BCUT2D eigenvalue weighted by molar-refractivity contribution is 7.13. The van der Waals surface area contributed by atoms with E-state index in [-0.39, 0.29) is 0 Å². The number of hydrogen-bond acceptors (Lipinski definition) is 5. The number of hydrogen-bond donors (Lipinski definition) is 1. The van der Waals surface area contributed by atoms with Gasteiger partial charge in [-0.25, -0.2) is 9.78 Å². The van der Waals surface area contributed by atoms with Gasteiger partial charge in [-0.3, -0.25) is 4.90 Å². The SMILES string of the molecule is Cc1ccc(CN2CCC(Cc3nc(C)c(C(=O)O)s3)CC2)o1. The first-order chi connectivity index (χ1) is 11.0. The largest absolute Gasteiger partial charge is 0.477 e. The average molecular weight is 334 g/mol. The van der Waals surface area contributed by atoms with Crippen molar-refractivity contribution in [1.82, 2.24) is 9.88 Å². The van der Waals surface area contributed by atoms with E-state index in [0.717, 1.165) is 55.4 Å². The quantitative estimate of drug-likeness (QED) is 0.906. The molecule has 0 atom stereocenters. The Hall–Kier alpha value is -1.66. The number of aromatic carboxylic acids is 1. The lowest BCUT2D eigenvalue weighted by Gasteiger charge is -2.30. The van der Waals surface area contributed by atoms with Crippen LogP contribution in [0.25, 0.3) is 0 Å². The first-order valence-electron chi connectivity index (χ1n) is 7.98. The third kappa shape index (κ3) is 4.00. The van der Waals surface area contributed by atoms with Gasteiger partial charge in [0.1, 0.15) is 16.4 Å². The van der Waals surface area contributed by atoms with Crippen LogP contribution in [-0.2, 0) is 13.0 Å². The van der Waals surface area contributed by atoms with Crippen molar-refractivity contribution in [1.29, 1.82) is 0 Å². The van der Waals surface area contributed by atoms with Gasteiger partial charge in [-0.1, -0.05) is 0 Å². The Morgan fingerprint density at radius 2 is 2.13 bits per heavy atom. The van der Waals surface area contributed by atoms with Crippen molar-refractivity contribution in [2.45, 2.75) is 39.7 Å². The Balaban J connectivity index is 1.51. The lowest BCUT2D eigenvalue weighted by atomic mass is 9.94. The molecule has 0 aromatic carbocycles. The molecule has 0 amide bonds. The van der Waals surface area contributed by atoms with Gasteiger partial charge in [0.2, 0.25) is 0 Å². The number of aryl methyl sites for hydroxylation is 2. The molecule has 1 fully saturated rings. The van der Waals surface area contributed by atoms with Crippen LogP contribution in [0.5, 0.6) is 0 Å². The van der Waals surface area contributed by atoms with Crippen LogP contribution in [0.15, 0.2) is 16.5 Å². The first kappa shape index (κ1) is 16.2. The molecule has 124 valence electrons. The molecule has 0 bridgehead atoms. The Morgan fingerprint density at radius 3 is 2.70 bits per heavy atom. The van der Waals surface area contributed by atoms with Gasteiger partial charge in [0.05, 0.1) is 17.2 Å². The summed E-state index contributed by atoms with van der Waals surface area (Å²) >= 11 is 1.33. The van der Waals surface area contributed by atoms with Crippen molar-refractivity contribution in [3.05, 3.63) is 39.2 Å². The van der Waals surface area contributed by atoms with Crippen molar-refractivity contribution in [3.63, 3.8) is 0 Å². The number of rotatable bonds is 5. The predicted molar refractivity (Wildman–Crippen MR) is 89.0 cm³/mol. The summed E-state index contributed by atoms with van der Waals surface area (Å²) in [6, 6.07) is 4.06. The highest BCUT2D eigenvalue weighted by Gasteiger charge is 2.22. The smallest absolute Gasteiger partial charge is 0.347 e. The Bertz CT molecular complexity index is 684. The van der Waals surface area contributed by atoms with Crippen LogP contribution in [0.3, 0.4) is 0 Å². The second-order valence-corrected chi connectivity index (χ2v) is 7.35. The van der Waals surface area contributed by atoms with Gasteiger partial charge < -0.3 is 9.52 Å². The normalized spacial score (nSPS) is 16.8. The number of nitrogens with zero attached hydrogens (tertiary/aromatic N) is 2. The molecule has 6 heteroatoms. The summed E-state index contributed by atoms with van der Waals surface area (Å²) in [6.07, 6.45) is 3.15. The molecule has 5 nitrogen and oxygen atoms in total. The second kappa shape index (κ2) is 6.84. The van der Waals surface area contributed by atoms with Gasteiger partial charge in [0.25, 0.3) is 0 Å². The van der Waals surface area contributed by atoms with Crippen LogP contribution in [0.4, 0.5) is 0 Å². The molecule has 23 heavy (non-hydrogen) atoms. The number of carbonyl (C=O) groups is 1. The molecule has 3 rings (SSSR count). The molecule has 1 N–H and O–H groups in total. The standard InChI is InChI=1S/C17H22N2O3S/c1-11-3-4-14(22-11)10-19-7-5-13(6-8-19)9-15-18-12(2)16(23-15)17(20)21/h3-4,13H,5-10H2,1-2H3,(H,20,21). The van der Waals surface area contributed by atoms with E-state index in [0.29, 0.717) is 16.5 Å². The number of furan rings is 1. The molecule has 1 saturated heterocycles. The summed E-state index contributed by atoms with van der Waals surface area (Å²) < 4.78 is 5.64. The van der Waals surface area contributed by atoms with Crippen LogP contribution in [0, 0.1) is 19.8 Å². The van der Waals surface area contributed by atoms with E-state index >= 15 is 0 Å². The lowest BCUT2D eigenvalue weighted by molar-refractivity contribution is 0.0701. The van der Waals surface area contributed by atoms with E-state index in [2.05, 4.69) is 9.88 Å². The third-order valence-electron chi connectivity index (χ3n) is 4.38. The molecule has 0 aliphatic carbocycles. The predicted octanol–water partition coefficient (Wildman–Crippen LogP) is 3.51. The fourth-order valence-electron chi connectivity index (χ4n) is 3.12. The molecule has 1 aliphatic rings. The van der Waals surface area contributed by atoms with E-state index in [1.54, 1.807) is 6.92 Å². The van der Waals surface area contributed by atoms with Gasteiger partial charge in [0.15, 0.2) is 0 Å². The zero-order valence-electron chi connectivity index (χ0n) is 13.5. The molecule has 0 unspecified atom stereocenters. The lowest BCUT2D eigenvalue weighted by Crippen LogP contribution is -2.33. The average Bonchev–Trinajstić information content (AvgIpc) is 3.07. The van der Waals surface area contributed by atoms with Crippen molar-refractivity contribution in [2.75, 3.05) is 13.1 Å². The molecule has 1 aliphatic heterocycles. The fraction of sp³-hybridized carbons (Fsp3) is 0.529. The molecule has 2 aromatic heterocycles. The van der Waals surface area contributed by atoms with Gasteiger partial charge >= 0.3 is 5.97 Å². The minimum absolute atomic E-state index is 0.380. The highest BCUT2D eigenvalue weighted by Crippen LogP contribution is 2.26. The number of thiazole rings is 1. The summed E-state index contributed by atoms with van der Waals surface area (Å²) in [6.45, 7) is 6.73. The van der Waals surface area contributed by atoms with Crippen LogP contribution in [0.2, 0.25) is 0 Å². The van der Waals surface area contributed by atoms with Crippen molar-refractivity contribution in [2.24, 2.45) is 5.92 Å². The van der Waals surface area contributed by atoms with Crippen molar-refractivity contribution < 1.29 is 14.3 Å². The number of aromatic nitrogens is 1. The second-order valence-electron chi connectivity index (χ2n) is 6.26. The van der Waals surface area contributed by atoms with E-state index in [1.807, 2.05) is 19.1 Å². The minimum atomic E-state index is -0.866. The topological polar surface area (TPSA) is 66.6 Å². The minimum Gasteiger partial charge on any atom is -0.477 e. The van der Waals surface area contributed by atoms with E-state index in [4.69, 9.17) is 9.52 Å². The van der Waals surface area contributed by atoms with Crippen LogP contribution < -0.4 is 0 Å². The molecular formula is C17H22N2O3S. The monoisotopic (exact) mass is 334 g/mol. The number of carboxylic acids is 1. The molecule has 0 saturated carbocycles. The fourth-order valence-corrected chi connectivity index (χ4v) is 4.14. The Labute approximate surface area is 140 Å². The third-order valence-corrected chi connectivity index (χ3v) is 5.55. The molecule has 2 aromatic rings. The number of likely N-dealkylation sites (tertiary alicyclic amines) is 1. The summed E-state index contributed by atoms with van der Waals surface area (Å²) in [7, 11) is 0. The van der Waals surface area contributed by atoms with Crippen molar-refractivity contribution >= 4 is 17.3 Å². The summed E-state index contributed by atoms with van der Waals surface area (Å²) in [5, 5.41) is 10.1.